The Morgan fingerprint density at radius 3 is 2.30 bits per heavy atom. The molecule has 0 saturated carbocycles. The lowest BCUT2D eigenvalue weighted by molar-refractivity contribution is -0.0736. The van der Waals surface area contributed by atoms with Gasteiger partial charge in [-0.05, 0) is 26.7 Å². The predicted octanol–water partition coefficient (Wildman–Crippen LogP) is 2.17. The van der Waals surface area contributed by atoms with Crippen LogP contribution in [-0.2, 0) is 18.9 Å². The van der Waals surface area contributed by atoms with Crippen LogP contribution in [0.3, 0.4) is 0 Å². The van der Waals surface area contributed by atoms with Gasteiger partial charge in [0, 0.05) is 7.11 Å². The summed E-state index contributed by atoms with van der Waals surface area (Å²) in [4.78, 5) is 11.7. The van der Waals surface area contributed by atoms with Crippen LogP contribution in [0.4, 0.5) is 4.79 Å². The fraction of sp³-hybridized carbons (Fsp3) is 0.929. The molecule has 6 heteroatoms. The molecule has 0 aliphatic heterocycles. The molecule has 0 heterocycles. The molecule has 0 fully saturated rings. The second-order valence-electron chi connectivity index (χ2n) is 5.89. The van der Waals surface area contributed by atoms with E-state index in [1.807, 2.05) is 34.6 Å². The normalized spacial score (nSPS) is 13.3. The van der Waals surface area contributed by atoms with Crippen LogP contribution in [0.2, 0.25) is 0 Å². The van der Waals surface area contributed by atoms with Crippen LogP contribution in [0.1, 0.15) is 34.6 Å². The molecule has 0 aliphatic rings. The Morgan fingerprint density at radius 1 is 1.15 bits per heavy atom. The fourth-order valence-corrected chi connectivity index (χ4v) is 1.29. The van der Waals surface area contributed by atoms with Crippen molar-refractivity contribution < 1.29 is 23.7 Å². The number of carbonyl (C=O) groups excluding carboxylic acids is 1. The second kappa shape index (κ2) is 9.96. The summed E-state index contributed by atoms with van der Waals surface area (Å²) < 4.78 is 20.7. The number of hydrogen-bond donors (Lipinski definition) is 1. The summed E-state index contributed by atoms with van der Waals surface area (Å²) in [5.74, 6) is 0.237. The Hall–Kier alpha value is -0.850. The van der Waals surface area contributed by atoms with Gasteiger partial charge in [0.25, 0.3) is 0 Å². The summed E-state index contributed by atoms with van der Waals surface area (Å²) in [7, 11) is 1.61. The van der Waals surface area contributed by atoms with E-state index in [0.717, 1.165) is 0 Å². The van der Waals surface area contributed by atoms with Gasteiger partial charge in [-0.25, -0.2) is 4.79 Å². The second-order valence-corrected chi connectivity index (χ2v) is 5.89. The summed E-state index contributed by atoms with van der Waals surface area (Å²) in [6, 6.07) is -0.115. The van der Waals surface area contributed by atoms with Gasteiger partial charge in [0.2, 0.25) is 0 Å². The van der Waals surface area contributed by atoms with E-state index < -0.39 is 11.7 Å². The highest BCUT2D eigenvalue weighted by molar-refractivity contribution is 5.68. The first kappa shape index (κ1) is 19.1. The minimum absolute atomic E-state index is 0.115. The number of nitrogens with one attached hydrogen (secondary N) is 1. The van der Waals surface area contributed by atoms with Gasteiger partial charge < -0.3 is 24.3 Å². The summed E-state index contributed by atoms with van der Waals surface area (Å²) in [5, 5.41) is 2.81. The number of methoxy groups -OCH3 is 1. The molecule has 0 saturated heterocycles. The first-order valence-electron chi connectivity index (χ1n) is 6.90. The van der Waals surface area contributed by atoms with Gasteiger partial charge in [-0.15, -0.1) is 0 Å². The number of amides is 1. The lowest BCUT2D eigenvalue weighted by Crippen LogP contribution is -2.44. The summed E-state index contributed by atoms with van der Waals surface area (Å²) in [6.45, 7) is 11.1. The zero-order valence-corrected chi connectivity index (χ0v) is 13.5. The minimum Gasteiger partial charge on any atom is -0.444 e. The van der Waals surface area contributed by atoms with Crippen molar-refractivity contribution >= 4 is 6.09 Å². The van der Waals surface area contributed by atoms with E-state index >= 15 is 0 Å². The van der Waals surface area contributed by atoms with E-state index in [2.05, 4.69) is 5.32 Å². The van der Waals surface area contributed by atoms with E-state index in [-0.39, 0.29) is 18.8 Å². The van der Waals surface area contributed by atoms with Crippen molar-refractivity contribution in [2.75, 3.05) is 33.7 Å². The molecule has 6 nitrogen and oxygen atoms in total. The van der Waals surface area contributed by atoms with E-state index in [1.54, 1.807) is 7.11 Å². The van der Waals surface area contributed by atoms with E-state index in [4.69, 9.17) is 18.9 Å². The molecule has 1 amide bonds. The summed E-state index contributed by atoms with van der Waals surface area (Å²) >= 11 is 0. The van der Waals surface area contributed by atoms with Crippen molar-refractivity contribution in [1.29, 1.82) is 0 Å². The quantitative estimate of drug-likeness (QED) is 0.521. The zero-order valence-electron chi connectivity index (χ0n) is 13.5. The van der Waals surface area contributed by atoms with Crippen molar-refractivity contribution in [3.8, 4) is 0 Å². The van der Waals surface area contributed by atoms with Gasteiger partial charge in [0.05, 0.1) is 25.9 Å². The molecule has 0 aromatic heterocycles. The molecule has 120 valence electrons. The first-order valence-corrected chi connectivity index (χ1v) is 6.90. The minimum atomic E-state index is -0.504. The molecule has 0 aromatic rings. The molecule has 0 bridgehead atoms. The van der Waals surface area contributed by atoms with E-state index in [1.165, 1.54) is 0 Å². The van der Waals surface area contributed by atoms with Crippen molar-refractivity contribution in [3.63, 3.8) is 0 Å². The molecule has 0 radical (unpaired) electrons. The van der Waals surface area contributed by atoms with E-state index in [0.29, 0.717) is 19.8 Å². The number of carbonyl (C=O) groups is 1. The average Bonchev–Trinajstić information content (AvgIpc) is 2.29. The number of rotatable bonds is 9. The Kier molecular flexibility index (Phi) is 9.54. The van der Waals surface area contributed by atoms with Crippen molar-refractivity contribution in [2.45, 2.75) is 46.3 Å². The molecule has 0 spiro atoms. The third-order valence-electron chi connectivity index (χ3n) is 2.40. The highest BCUT2D eigenvalue weighted by atomic mass is 16.7. The van der Waals surface area contributed by atoms with Crippen LogP contribution in [0.15, 0.2) is 0 Å². The fourth-order valence-electron chi connectivity index (χ4n) is 1.29. The van der Waals surface area contributed by atoms with Gasteiger partial charge >= 0.3 is 6.09 Å². The van der Waals surface area contributed by atoms with Crippen LogP contribution in [0, 0.1) is 5.92 Å². The van der Waals surface area contributed by atoms with Crippen LogP contribution < -0.4 is 5.32 Å². The molecule has 0 aliphatic carbocycles. The lowest BCUT2D eigenvalue weighted by atomic mass is 10.1. The average molecular weight is 291 g/mol. The zero-order chi connectivity index (χ0) is 15.6. The highest BCUT2D eigenvalue weighted by Crippen LogP contribution is 2.09. The molecule has 0 aromatic carbocycles. The summed E-state index contributed by atoms with van der Waals surface area (Å²) in [5.41, 5.74) is -0.504. The number of ether oxygens (including phenoxy) is 4. The predicted molar refractivity (Wildman–Crippen MR) is 76.6 cm³/mol. The van der Waals surface area contributed by atoms with Crippen molar-refractivity contribution in [3.05, 3.63) is 0 Å². The maximum Gasteiger partial charge on any atom is 0.407 e. The highest BCUT2D eigenvalue weighted by Gasteiger charge is 2.21. The third-order valence-corrected chi connectivity index (χ3v) is 2.40. The molecule has 1 N–H and O–H groups in total. The monoisotopic (exact) mass is 291 g/mol. The molecule has 20 heavy (non-hydrogen) atoms. The molecule has 0 unspecified atom stereocenters. The van der Waals surface area contributed by atoms with E-state index in [9.17, 15) is 4.79 Å². The molecular formula is C14H29NO5. The topological polar surface area (TPSA) is 66.0 Å². The maximum atomic E-state index is 11.7. The number of alkyl carbamates (subject to hydrolysis) is 1. The summed E-state index contributed by atoms with van der Waals surface area (Å²) in [6.07, 6.45) is -0.430. The first-order chi connectivity index (χ1) is 9.26. The molecule has 1 atom stereocenters. The standard InChI is InChI=1S/C14H29NO5/c1-11(2)12(9-19-10-18-8-7-17-6)15-13(16)20-14(3,4)5/h11-12H,7-10H2,1-6H3,(H,15,16)/t12-/m0/s1. The third kappa shape index (κ3) is 11.0. The van der Waals surface area contributed by atoms with Crippen molar-refractivity contribution in [1.82, 2.24) is 5.32 Å². The van der Waals surface area contributed by atoms with Crippen LogP contribution in [0.5, 0.6) is 0 Å². The largest absolute Gasteiger partial charge is 0.444 e. The molecule has 0 rings (SSSR count). The van der Waals surface area contributed by atoms with Gasteiger partial charge in [-0.2, -0.15) is 0 Å². The Balaban J connectivity index is 3.96. The Labute approximate surface area is 122 Å². The van der Waals surface area contributed by atoms with Crippen LogP contribution in [0.25, 0.3) is 0 Å². The maximum absolute atomic E-state index is 11.7. The SMILES string of the molecule is COCCOCOC[C@H](NC(=O)OC(C)(C)C)C(C)C. The Bertz CT molecular complexity index is 263. The molecular weight excluding hydrogens is 262 g/mol. The van der Waals surface area contributed by atoms with Gasteiger partial charge in [-0.1, -0.05) is 13.8 Å². The smallest absolute Gasteiger partial charge is 0.407 e. The van der Waals surface area contributed by atoms with Crippen LogP contribution in [-0.4, -0.2) is 51.5 Å². The van der Waals surface area contributed by atoms with Gasteiger partial charge in [-0.3, -0.25) is 0 Å². The van der Waals surface area contributed by atoms with Crippen molar-refractivity contribution in [2.24, 2.45) is 5.92 Å². The lowest BCUT2D eigenvalue weighted by Gasteiger charge is -2.25. The van der Waals surface area contributed by atoms with Gasteiger partial charge in [0.15, 0.2) is 0 Å². The van der Waals surface area contributed by atoms with Crippen LogP contribution >= 0.6 is 0 Å². The number of hydrogen-bond acceptors (Lipinski definition) is 5. The Morgan fingerprint density at radius 2 is 1.80 bits per heavy atom. The van der Waals surface area contributed by atoms with Gasteiger partial charge in [0.1, 0.15) is 12.4 Å².